The van der Waals surface area contributed by atoms with Crippen molar-refractivity contribution in [2.45, 2.75) is 83.8 Å². The summed E-state index contributed by atoms with van der Waals surface area (Å²) in [5, 5.41) is 30.8. The van der Waals surface area contributed by atoms with Gasteiger partial charge >= 0.3 is 0 Å². The average molecular weight is 337 g/mol. The molecule has 3 heteroatoms. The lowest BCUT2D eigenvalue weighted by Gasteiger charge is -2.62. The number of hydrogen-bond donors (Lipinski definition) is 3. The molecule has 138 valence electrons. The van der Waals surface area contributed by atoms with Crippen LogP contribution in [0, 0.1) is 40.4 Å². The molecule has 24 heavy (non-hydrogen) atoms. The van der Waals surface area contributed by atoms with Crippen molar-refractivity contribution in [3.8, 4) is 0 Å². The van der Waals surface area contributed by atoms with Gasteiger partial charge < -0.3 is 15.3 Å². The monoisotopic (exact) mass is 336 g/mol. The molecule has 0 aromatic rings. The van der Waals surface area contributed by atoms with Crippen molar-refractivity contribution in [3.05, 3.63) is 0 Å². The molecule has 3 N–H and O–H groups in total. The Balaban J connectivity index is 1.63. The Kier molecular flexibility index (Phi) is 4.29. The Bertz CT molecular complexity index is 480. The number of rotatable bonds is 2. The highest BCUT2D eigenvalue weighted by atomic mass is 16.3. The van der Waals surface area contributed by atoms with Crippen LogP contribution in [-0.4, -0.2) is 34.1 Å². The number of hydrogen-bond acceptors (Lipinski definition) is 3. The molecule has 0 saturated heterocycles. The van der Waals surface area contributed by atoms with Gasteiger partial charge in [0.15, 0.2) is 0 Å². The third-order valence-corrected chi connectivity index (χ3v) is 9.24. The third kappa shape index (κ3) is 2.34. The second-order valence-corrected chi connectivity index (χ2v) is 10.1. The number of aliphatic hydroxyl groups excluding tert-OH is 3. The average Bonchev–Trinajstić information content (AvgIpc) is 2.84. The van der Waals surface area contributed by atoms with Gasteiger partial charge in [-0.15, -0.1) is 0 Å². The van der Waals surface area contributed by atoms with Crippen molar-refractivity contribution in [2.75, 3.05) is 6.61 Å². The summed E-state index contributed by atoms with van der Waals surface area (Å²) >= 11 is 0. The molecule has 0 spiro atoms. The van der Waals surface area contributed by atoms with Crippen LogP contribution in [0.1, 0.15) is 71.6 Å². The zero-order valence-electron chi connectivity index (χ0n) is 15.5. The van der Waals surface area contributed by atoms with Crippen LogP contribution >= 0.6 is 0 Å². The fourth-order valence-electron chi connectivity index (χ4n) is 8.09. The summed E-state index contributed by atoms with van der Waals surface area (Å²) in [6, 6.07) is 0. The van der Waals surface area contributed by atoms with Gasteiger partial charge in [-0.3, -0.25) is 0 Å². The molecule has 0 heterocycles. The van der Waals surface area contributed by atoms with Crippen LogP contribution in [-0.2, 0) is 0 Å². The minimum absolute atomic E-state index is 0.119. The molecule has 4 aliphatic rings. The summed E-state index contributed by atoms with van der Waals surface area (Å²) in [6.07, 6.45) is 9.45. The van der Waals surface area contributed by atoms with E-state index in [1.165, 1.54) is 25.7 Å². The van der Waals surface area contributed by atoms with Crippen LogP contribution in [0.25, 0.3) is 0 Å². The molecule has 0 bridgehead atoms. The van der Waals surface area contributed by atoms with Gasteiger partial charge in [0.25, 0.3) is 0 Å². The summed E-state index contributed by atoms with van der Waals surface area (Å²) in [6.45, 7) is 5.12. The molecule has 4 saturated carbocycles. The van der Waals surface area contributed by atoms with E-state index >= 15 is 0 Å². The van der Waals surface area contributed by atoms with E-state index in [2.05, 4.69) is 13.8 Å². The maximum absolute atomic E-state index is 11.2. The van der Waals surface area contributed by atoms with Crippen molar-refractivity contribution in [2.24, 2.45) is 40.4 Å². The summed E-state index contributed by atoms with van der Waals surface area (Å²) in [7, 11) is 0. The van der Waals surface area contributed by atoms with Gasteiger partial charge in [0.2, 0.25) is 0 Å². The van der Waals surface area contributed by atoms with Gasteiger partial charge in [-0.05, 0) is 98.2 Å². The van der Waals surface area contributed by atoms with Crippen molar-refractivity contribution in [1.82, 2.24) is 0 Å². The van der Waals surface area contributed by atoms with Gasteiger partial charge in [-0.2, -0.15) is 0 Å². The zero-order chi connectivity index (χ0) is 17.1. The first-order chi connectivity index (χ1) is 11.4. The molecule has 0 aromatic carbocycles. The van der Waals surface area contributed by atoms with Crippen LogP contribution in [0.5, 0.6) is 0 Å². The Hall–Kier alpha value is -0.120. The van der Waals surface area contributed by atoms with E-state index in [4.69, 9.17) is 0 Å². The van der Waals surface area contributed by atoms with Crippen molar-refractivity contribution in [1.29, 1.82) is 0 Å². The van der Waals surface area contributed by atoms with E-state index in [9.17, 15) is 15.3 Å². The van der Waals surface area contributed by atoms with Gasteiger partial charge in [0.1, 0.15) is 0 Å². The van der Waals surface area contributed by atoms with Crippen molar-refractivity contribution >= 4 is 0 Å². The second-order valence-electron chi connectivity index (χ2n) is 10.1. The lowest BCUT2D eigenvalue weighted by atomic mass is 9.44. The predicted octanol–water partition coefficient (Wildman–Crippen LogP) is 3.36. The molecule has 3 nitrogen and oxygen atoms in total. The predicted molar refractivity (Wildman–Crippen MR) is 94.3 cm³/mol. The van der Waals surface area contributed by atoms with E-state index in [0.29, 0.717) is 23.7 Å². The second kappa shape index (κ2) is 5.96. The maximum Gasteiger partial charge on any atom is 0.0581 e. The standard InChI is InChI=1S/C21H36O3/c1-20-9-7-15(23)11-14(20)3-5-16-17-6-4-13(8-10-22)21(17,2)12-18(24)19(16)20/h13-19,22-24H,3-12H2,1-2H3/t13?,14-,15?,16?,17?,18?,19?,20?,21?/m1/s1. The van der Waals surface area contributed by atoms with Gasteiger partial charge in [0, 0.05) is 6.61 Å². The largest absolute Gasteiger partial charge is 0.396 e. The van der Waals surface area contributed by atoms with Crippen LogP contribution in [0.2, 0.25) is 0 Å². The SMILES string of the molecule is CC12CC(O)C3C(CC[C@@H]4CC(O)CCC34C)C1CCC2CCO. The summed E-state index contributed by atoms with van der Waals surface area (Å²) in [4.78, 5) is 0. The summed E-state index contributed by atoms with van der Waals surface area (Å²) in [5.41, 5.74) is 0.443. The Labute approximate surface area is 146 Å². The first-order valence-electron chi connectivity index (χ1n) is 10.4. The number of fused-ring (bicyclic) bond motifs is 5. The molecule has 4 aliphatic carbocycles. The Morgan fingerprint density at radius 2 is 1.75 bits per heavy atom. The topological polar surface area (TPSA) is 60.7 Å². The van der Waals surface area contributed by atoms with E-state index in [1.54, 1.807) is 0 Å². The molecule has 0 amide bonds. The van der Waals surface area contributed by atoms with Gasteiger partial charge in [-0.1, -0.05) is 13.8 Å². The number of aliphatic hydroxyl groups is 3. The quantitative estimate of drug-likeness (QED) is 0.724. The molecule has 9 atom stereocenters. The molecule has 0 aliphatic heterocycles. The smallest absolute Gasteiger partial charge is 0.0581 e. The summed E-state index contributed by atoms with van der Waals surface area (Å²) < 4.78 is 0. The molecular weight excluding hydrogens is 300 g/mol. The highest BCUT2D eigenvalue weighted by Gasteiger charge is 2.62. The highest BCUT2D eigenvalue weighted by Crippen LogP contribution is 2.67. The fraction of sp³-hybridized carbons (Fsp3) is 1.00. The highest BCUT2D eigenvalue weighted by molar-refractivity contribution is 5.11. The molecule has 4 rings (SSSR count). The minimum atomic E-state index is -0.196. The van der Waals surface area contributed by atoms with Crippen LogP contribution < -0.4 is 0 Å². The third-order valence-electron chi connectivity index (χ3n) is 9.24. The van der Waals surface area contributed by atoms with E-state index in [-0.39, 0.29) is 29.6 Å². The van der Waals surface area contributed by atoms with Crippen LogP contribution in [0.15, 0.2) is 0 Å². The minimum Gasteiger partial charge on any atom is -0.396 e. The molecule has 8 unspecified atom stereocenters. The first-order valence-corrected chi connectivity index (χ1v) is 10.4. The van der Waals surface area contributed by atoms with Crippen molar-refractivity contribution in [3.63, 3.8) is 0 Å². The van der Waals surface area contributed by atoms with Crippen LogP contribution in [0.4, 0.5) is 0 Å². The Morgan fingerprint density at radius 3 is 2.50 bits per heavy atom. The fourth-order valence-corrected chi connectivity index (χ4v) is 8.09. The van der Waals surface area contributed by atoms with Crippen LogP contribution in [0.3, 0.4) is 0 Å². The first kappa shape index (κ1) is 17.3. The maximum atomic E-state index is 11.2. The Morgan fingerprint density at radius 1 is 0.958 bits per heavy atom. The lowest BCUT2D eigenvalue weighted by molar-refractivity contribution is -0.178. The van der Waals surface area contributed by atoms with E-state index in [0.717, 1.165) is 38.0 Å². The molecular formula is C21H36O3. The van der Waals surface area contributed by atoms with Gasteiger partial charge in [-0.25, -0.2) is 0 Å². The van der Waals surface area contributed by atoms with Gasteiger partial charge in [0.05, 0.1) is 12.2 Å². The summed E-state index contributed by atoms with van der Waals surface area (Å²) in [5.74, 6) is 2.98. The van der Waals surface area contributed by atoms with Crippen molar-refractivity contribution < 1.29 is 15.3 Å². The molecule has 0 aromatic heterocycles. The molecule has 4 fully saturated rings. The lowest BCUT2D eigenvalue weighted by Crippen LogP contribution is -2.59. The van der Waals surface area contributed by atoms with E-state index < -0.39 is 0 Å². The normalized spacial score (nSPS) is 57.1. The van der Waals surface area contributed by atoms with E-state index in [1.807, 2.05) is 0 Å². The molecule has 0 radical (unpaired) electrons. The zero-order valence-corrected chi connectivity index (χ0v) is 15.5.